The van der Waals surface area contributed by atoms with Gasteiger partial charge in [-0.3, -0.25) is 4.79 Å². The lowest BCUT2D eigenvalue weighted by atomic mass is 9.99. The first-order chi connectivity index (χ1) is 16.7. The maximum atomic E-state index is 13.4. The Morgan fingerprint density at radius 3 is 2.74 bits per heavy atom. The molecule has 5 rings (SSSR count). The average molecular weight is 498 g/mol. The first-order valence-corrected chi connectivity index (χ1v) is 12.1. The largest absolute Gasteiger partial charge is 0.488 e. The minimum Gasteiger partial charge on any atom is -0.488 e. The summed E-state index contributed by atoms with van der Waals surface area (Å²) in [5.74, 6) is 0.490. The van der Waals surface area contributed by atoms with Crippen molar-refractivity contribution in [3.8, 4) is 5.75 Å². The molecule has 2 aliphatic heterocycles. The van der Waals surface area contributed by atoms with Crippen molar-refractivity contribution in [2.24, 2.45) is 0 Å². The van der Waals surface area contributed by atoms with Gasteiger partial charge in [0.1, 0.15) is 18.5 Å². The van der Waals surface area contributed by atoms with Gasteiger partial charge in [-0.25, -0.2) is 9.78 Å². The predicted octanol–water partition coefficient (Wildman–Crippen LogP) is 3.77. The summed E-state index contributed by atoms with van der Waals surface area (Å²) in [6.45, 7) is 4.76. The van der Waals surface area contributed by atoms with Crippen LogP contribution in [0.2, 0.25) is 5.02 Å². The summed E-state index contributed by atoms with van der Waals surface area (Å²) in [6, 6.07) is 10.9. The molecule has 1 amide bonds. The molecule has 184 valence electrons. The van der Waals surface area contributed by atoms with Gasteiger partial charge in [-0.1, -0.05) is 23.7 Å². The van der Waals surface area contributed by atoms with Gasteiger partial charge in [0.05, 0.1) is 34.8 Å². The Labute approximate surface area is 208 Å². The standard InChI is InChI=1S/C26H28ClN3O5/c1-26(2,33)13-22-23(35-19-7-10-30-18(11-19)15-34-25(30)32)12-20-21(28-22)8-9-29(24(20)31)14-16-3-5-17(27)6-4-16/h3-6,8-9,12,18-19,33H,7,10-11,13-15H2,1-2H3/t18-,19-/m0/s1. The lowest BCUT2D eigenvalue weighted by Crippen LogP contribution is -2.44. The van der Waals surface area contributed by atoms with Crippen molar-refractivity contribution in [2.45, 2.75) is 57.4 Å². The molecule has 3 aromatic rings. The molecule has 0 bridgehead atoms. The van der Waals surface area contributed by atoms with Crippen LogP contribution in [0.15, 0.2) is 47.4 Å². The van der Waals surface area contributed by atoms with E-state index in [9.17, 15) is 14.7 Å². The van der Waals surface area contributed by atoms with E-state index in [1.165, 1.54) is 0 Å². The number of rotatable bonds is 6. The third-order valence-corrected chi connectivity index (χ3v) is 6.71. The minimum absolute atomic E-state index is 0.0102. The van der Waals surface area contributed by atoms with Crippen LogP contribution in [-0.2, 0) is 17.7 Å². The number of hydrogen-bond donors (Lipinski definition) is 1. The summed E-state index contributed by atoms with van der Waals surface area (Å²) in [4.78, 5) is 31.6. The van der Waals surface area contributed by atoms with E-state index in [-0.39, 0.29) is 30.2 Å². The summed E-state index contributed by atoms with van der Waals surface area (Å²) in [6.07, 6.45) is 2.88. The van der Waals surface area contributed by atoms with Gasteiger partial charge < -0.3 is 24.0 Å². The van der Waals surface area contributed by atoms with Crippen molar-refractivity contribution >= 4 is 28.6 Å². The number of carbonyl (C=O) groups is 1. The van der Waals surface area contributed by atoms with Crippen LogP contribution in [0.1, 0.15) is 37.9 Å². The van der Waals surface area contributed by atoms with Crippen LogP contribution >= 0.6 is 11.6 Å². The summed E-state index contributed by atoms with van der Waals surface area (Å²) in [7, 11) is 0. The highest BCUT2D eigenvalue weighted by Gasteiger charge is 2.39. The highest BCUT2D eigenvalue weighted by molar-refractivity contribution is 6.30. The Kier molecular flexibility index (Phi) is 6.19. The molecule has 0 saturated carbocycles. The Hall–Kier alpha value is -3.10. The van der Waals surface area contributed by atoms with Crippen LogP contribution in [0.5, 0.6) is 5.75 Å². The van der Waals surface area contributed by atoms with E-state index in [4.69, 9.17) is 26.1 Å². The molecule has 1 N–H and O–H groups in total. The van der Waals surface area contributed by atoms with Gasteiger partial charge in [-0.15, -0.1) is 0 Å². The van der Waals surface area contributed by atoms with Crippen LogP contribution in [0.25, 0.3) is 10.9 Å². The van der Waals surface area contributed by atoms with Crippen LogP contribution in [0.4, 0.5) is 4.79 Å². The Morgan fingerprint density at radius 2 is 2.00 bits per heavy atom. The monoisotopic (exact) mass is 497 g/mol. The highest BCUT2D eigenvalue weighted by Crippen LogP contribution is 2.31. The molecule has 9 heteroatoms. The van der Waals surface area contributed by atoms with E-state index >= 15 is 0 Å². The lowest BCUT2D eigenvalue weighted by molar-refractivity contribution is 0.0732. The van der Waals surface area contributed by atoms with Crippen LogP contribution < -0.4 is 10.3 Å². The summed E-state index contributed by atoms with van der Waals surface area (Å²) in [5, 5.41) is 11.6. The average Bonchev–Trinajstić information content (AvgIpc) is 3.17. The number of fused-ring (bicyclic) bond motifs is 2. The zero-order valence-corrected chi connectivity index (χ0v) is 20.5. The summed E-state index contributed by atoms with van der Waals surface area (Å²) in [5.41, 5.74) is 0.935. The first-order valence-electron chi connectivity index (χ1n) is 11.8. The second-order valence-corrected chi connectivity index (χ2v) is 10.4. The molecule has 35 heavy (non-hydrogen) atoms. The van der Waals surface area contributed by atoms with E-state index in [2.05, 4.69) is 0 Å². The Balaban J connectivity index is 1.48. The van der Waals surface area contributed by atoms with Crippen molar-refractivity contribution < 1.29 is 19.4 Å². The molecule has 2 fully saturated rings. The fourth-order valence-corrected chi connectivity index (χ4v) is 4.86. The third-order valence-electron chi connectivity index (χ3n) is 6.46. The molecule has 1 aromatic carbocycles. The molecule has 0 unspecified atom stereocenters. The van der Waals surface area contributed by atoms with Crippen LogP contribution in [0.3, 0.4) is 0 Å². The minimum atomic E-state index is -1.00. The summed E-state index contributed by atoms with van der Waals surface area (Å²) >= 11 is 5.98. The number of pyridine rings is 2. The number of benzene rings is 1. The van der Waals surface area contributed by atoms with E-state index in [0.29, 0.717) is 59.9 Å². The van der Waals surface area contributed by atoms with Gasteiger partial charge >= 0.3 is 6.09 Å². The van der Waals surface area contributed by atoms with E-state index in [1.54, 1.807) is 47.7 Å². The second kappa shape index (κ2) is 9.17. The van der Waals surface area contributed by atoms with Gasteiger partial charge in [0, 0.05) is 37.0 Å². The second-order valence-electron chi connectivity index (χ2n) is 9.92. The maximum Gasteiger partial charge on any atom is 0.410 e. The number of ether oxygens (including phenoxy) is 2. The topological polar surface area (TPSA) is 93.9 Å². The van der Waals surface area contributed by atoms with Gasteiger partial charge in [0.2, 0.25) is 0 Å². The number of halogens is 1. The first kappa shape index (κ1) is 23.6. The van der Waals surface area contributed by atoms with Crippen molar-refractivity contribution in [2.75, 3.05) is 13.2 Å². The van der Waals surface area contributed by atoms with E-state index in [0.717, 1.165) is 5.56 Å². The molecular formula is C26H28ClN3O5. The third kappa shape index (κ3) is 5.13. The molecule has 2 atom stereocenters. The van der Waals surface area contributed by atoms with Crippen molar-refractivity contribution in [3.05, 3.63) is 69.2 Å². The molecule has 4 heterocycles. The number of nitrogens with zero attached hydrogens (tertiary/aromatic N) is 3. The molecular weight excluding hydrogens is 470 g/mol. The van der Waals surface area contributed by atoms with Gasteiger partial charge in [-0.05, 0) is 43.7 Å². The quantitative estimate of drug-likeness (QED) is 0.557. The number of amides is 1. The lowest BCUT2D eigenvalue weighted by Gasteiger charge is -2.33. The Bertz CT molecular complexity index is 1320. The van der Waals surface area contributed by atoms with Crippen molar-refractivity contribution in [3.63, 3.8) is 0 Å². The fourth-order valence-electron chi connectivity index (χ4n) is 4.73. The van der Waals surface area contributed by atoms with E-state index in [1.807, 2.05) is 18.2 Å². The van der Waals surface area contributed by atoms with Crippen molar-refractivity contribution in [1.29, 1.82) is 0 Å². The zero-order chi connectivity index (χ0) is 24.7. The number of carbonyl (C=O) groups excluding carboxylic acids is 1. The normalized spacial score (nSPS) is 20.1. The number of aliphatic hydroxyl groups is 1. The van der Waals surface area contributed by atoms with Gasteiger partial charge in [-0.2, -0.15) is 0 Å². The molecule has 2 aliphatic rings. The highest BCUT2D eigenvalue weighted by atomic mass is 35.5. The predicted molar refractivity (Wildman–Crippen MR) is 132 cm³/mol. The number of hydrogen-bond acceptors (Lipinski definition) is 6. The van der Waals surface area contributed by atoms with Gasteiger partial charge in [0.25, 0.3) is 5.56 Å². The van der Waals surface area contributed by atoms with Crippen LogP contribution in [-0.4, -0.2) is 56.5 Å². The fraction of sp³-hybridized carbons (Fsp3) is 0.423. The number of cyclic esters (lactones) is 1. The maximum absolute atomic E-state index is 13.4. The molecule has 2 saturated heterocycles. The van der Waals surface area contributed by atoms with Crippen molar-refractivity contribution in [1.82, 2.24) is 14.5 Å². The van der Waals surface area contributed by atoms with Crippen LogP contribution in [0, 0.1) is 0 Å². The Morgan fingerprint density at radius 1 is 1.23 bits per heavy atom. The van der Waals surface area contributed by atoms with E-state index < -0.39 is 5.60 Å². The SMILES string of the molecule is CC(C)(O)Cc1nc2ccn(Cc3ccc(Cl)cc3)c(=O)c2cc1O[C@H]1CCN2C(=O)OC[C@@H]2C1. The molecule has 0 radical (unpaired) electrons. The smallest absolute Gasteiger partial charge is 0.410 e. The molecule has 8 nitrogen and oxygen atoms in total. The number of aromatic nitrogens is 2. The molecule has 2 aromatic heterocycles. The zero-order valence-electron chi connectivity index (χ0n) is 19.7. The van der Waals surface area contributed by atoms with Gasteiger partial charge in [0.15, 0.2) is 0 Å². The summed E-state index contributed by atoms with van der Waals surface area (Å²) < 4.78 is 13.2. The number of piperidine rings is 1. The molecule has 0 spiro atoms. The molecule has 0 aliphatic carbocycles.